The normalized spacial score (nSPS) is 13.6. The molecule has 2 aromatic heterocycles. The Morgan fingerprint density at radius 3 is 2.47 bits per heavy atom. The molecule has 0 unspecified atom stereocenters. The van der Waals surface area contributed by atoms with Crippen molar-refractivity contribution in [2.24, 2.45) is 0 Å². The molecule has 1 aliphatic rings. The zero-order valence-electron chi connectivity index (χ0n) is 19.1. The number of nitrogens with one attached hydrogen (secondary N) is 1. The highest BCUT2D eigenvalue weighted by molar-refractivity contribution is 7.99. The van der Waals surface area contributed by atoms with Gasteiger partial charge in [-0.15, -0.1) is 10.2 Å². The summed E-state index contributed by atoms with van der Waals surface area (Å²) in [7, 11) is 0. The van der Waals surface area contributed by atoms with E-state index in [2.05, 4.69) is 20.4 Å². The van der Waals surface area contributed by atoms with Gasteiger partial charge in [0.25, 0.3) is 17.0 Å². The zero-order valence-corrected chi connectivity index (χ0v) is 20.7. The summed E-state index contributed by atoms with van der Waals surface area (Å²) in [5.74, 6) is 0.648. The molecule has 0 spiro atoms. The lowest BCUT2D eigenvalue weighted by Crippen LogP contribution is -2.48. The molecule has 11 heteroatoms. The van der Waals surface area contributed by atoms with Crippen LogP contribution in [0.3, 0.4) is 0 Å². The molecule has 0 aliphatic carbocycles. The van der Waals surface area contributed by atoms with E-state index < -0.39 is 0 Å². The SMILES string of the molecule is O=C(CSc1nnc(-c2ccco2)o1)Nc1ccc(N2CCN(C(=O)c3ccccc3Cl)CC2)cc1. The second-order valence-electron chi connectivity index (χ2n) is 7.99. The Morgan fingerprint density at radius 2 is 1.75 bits per heavy atom. The summed E-state index contributed by atoms with van der Waals surface area (Å²) in [6.45, 7) is 2.64. The number of benzene rings is 2. The molecule has 1 aliphatic heterocycles. The number of carbonyl (C=O) groups is 2. The fraction of sp³-hybridized carbons (Fsp3) is 0.200. The van der Waals surface area contributed by atoms with Crippen molar-refractivity contribution in [3.8, 4) is 11.7 Å². The highest BCUT2D eigenvalue weighted by Crippen LogP contribution is 2.25. The van der Waals surface area contributed by atoms with Crippen LogP contribution in [0.15, 0.2) is 81.0 Å². The molecule has 0 radical (unpaired) electrons. The molecule has 3 heterocycles. The third-order valence-electron chi connectivity index (χ3n) is 5.65. The molecule has 1 fully saturated rings. The number of hydrogen-bond donors (Lipinski definition) is 1. The number of halogens is 1. The second kappa shape index (κ2) is 10.9. The lowest BCUT2D eigenvalue weighted by atomic mass is 10.1. The Hall–Kier alpha value is -3.76. The standard InChI is InChI=1S/C25H22ClN5O4S/c26-20-5-2-1-4-19(20)24(33)31-13-11-30(12-14-31)18-9-7-17(8-10-18)27-22(32)16-36-25-29-28-23(35-25)21-6-3-15-34-21/h1-10,15H,11-14,16H2,(H,27,32). The quantitative estimate of drug-likeness (QED) is 0.348. The van der Waals surface area contributed by atoms with Crippen molar-refractivity contribution >= 4 is 46.6 Å². The van der Waals surface area contributed by atoms with E-state index in [9.17, 15) is 9.59 Å². The largest absolute Gasteiger partial charge is 0.459 e. The summed E-state index contributed by atoms with van der Waals surface area (Å²) < 4.78 is 10.7. The van der Waals surface area contributed by atoms with Crippen LogP contribution in [-0.2, 0) is 4.79 Å². The number of anilines is 2. The summed E-state index contributed by atoms with van der Waals surface area (Å²) in [5, 5.41) is 11.5. The summed E-state index contributed by atoms with van der Waals surface area (Å²) in [5.41, 5.74) is 2.25. The van der Waals surface area contributed by atoms with Gasteiger partial charge in [-0.3, -0.25) is 9.59 Å². The lowest BCUT2D eigenvalue weighted by molar-refractivity contribution is -0.113. The van der Waals surface area contributed by atoms with Gasteiger partial charge in [-0.2, -0.15) is 0 Å². The summed E-state index contributed by atoms with van der Waals surface area (Å²) >= 11 is 7.33. The molecule has 184 valence electrons. The molecule has 4 aromatic rings. The third-order valence-corrected chi connectivity index (χ3v) is 6.80. The minimum atomic E-state index is -0.183. The first kappa shape index (κ1) is 24.0. The van der Waals surface area contributed by atoms with Crippen LogP contribution < -0.4 is 10.2 Å². The molecule has 2 aromatic carbocycles. The maximum atomic E-state index is 12.8. The number of nitrogens with zero attached hydrogens (tertiary/aromatic N) is 4. The third kappa shape index (κ3) is 5.55. The highest BCUT2D eigenvalue weighted by Gasteiger charge is 2.23. The molecule has 36 heavy (non-hydrogen) atoms. The van der Waals surface area contributed by atoms with E-state index in [4.69, 9.17) is 20.4 Å². The van der Waals surface area contributed by atoms with Crippen LogP contribution in [0.25, 0.3) is 11.7 Å². The fourth-order valence-corrected chi connectivity index (χ4v) is 4.60. The van der Waals surface area contributed by atoms with Crippen molar-refractivity contribution < 1.29 is 18.4 Å². The van der Waals surface area contributed by atoms with Gasteiger partial charge in [0.15, 0.2) is 5.76 Å². The Kier molecular flexibility index (Phi) is 7.24. The molecule has 1 saturated heterocycles. The highest BCUT2D eigenvalue weighted by atomic mass is 35.5. The molecule has 1 N–H and O–H groups in total. The molecular formula is C25H22ClN5O4S. The predicted octanol–water partition coefficient (Wildman–Crippen LogP) is 4.68. The van der Waals surface area contributed by atoms with Gasteiger partial charge < -0.3 is 24.0 Å². The summed E-state index contributed by atoms with van der Waals surface area (Å²) in [6, 6.07) is 18.2. The van der Waals surface area contributed by atoms with Gasteiger partial charge in [-0.05, 0) is 48.5 Å². The van der Waals surface area contributed by atoms with Crippen molar-refractivity contribution in [3.63, 3.8) is 0 Å². The van der Waals surface area contributed by atoms with E-state index >= 15 is 0 Å². The minimum Gasteiger partial charge on any atom is -0.459 e. The average molecular weight is 524 g/mol. The number of piperazine rings is 1. The maximum Gasteiger partial charge on any atom is 0.284 e. The number of furan rings is 1. The van der Waals surface area contributed by atoms with E-state index in [0.29, 0.717) is 53.4 Å². The first-order valence-corrected chi connectivity index (χ1v) is 12.6. The number of amides is 2. The number of aromatic nitrogens is 2. The summed E-state index contributed by atoms with van der Waals surface area (Å²) in [6.07, 6.45) is 1.52. The molecule has 5 rings (SSSR count). The van der Waals surface area contributed by atoms with Crippen LogP contribution in [0.4, 0.5) is 11.4 Å². The zero-order chi connectivity index (χ0) is 24.9. The van der Waals surface area contributed by atoms with Gasteiger partial charge in [0.05, 0.1) is 22.6 Å². The number of thioether (sulfide) groups is 1. The van der Waals surface area contributed by atoms with Gasteiger partial charge in [-0.25, -0.2) is 0 Å². The maximum absolute atomic E-state index is 12.8. The monoisotopic (exact) mass is 523 g/mol. The first-order chi connectivity index (χ1) is 17.6. The summed E-state index contributed by atoms with van der Waals surface area (Å²) in [4.78, 5) is 29.2. The first-order valence-electron chi connectivity index (χ1n) is 11.3. The molecular weight excluding hydrogens is 502 g/mol. The van der Waals surface area contributed by atoms with Crippen LogP contribution in [0.5, 0.6) is 0 Å². The van der Waals surface area contributed by atoms with Gasteiger partial charge in [0.2, 0.25) is 5.91 Å². The van der Waals surface area contributed by atoms with Gasteiger partial charge in [0.1, 0.15) is 0 Å². The van der Waals surface area contributed by atoms with Crippen LogP contribution in [-0.4, -0.2) is 58.8 Å². The topological polar surface area (TPSA) is 105 Å². The van der Waals surface area contributed by atoms with E-state index in [1.807, 2.05) is 41.3 Å². The Labute approximate surface area is 216 Å². The van der Waals surface area contributed by atoms with Crippen LogP contribution in [0.2, 0.25) is 5.02 Å². The van der Waals surface area contributed by atoms with Crippen molar-refractivity contribution in [2.45, 2.75) is 5.22 Å². The van der Waals surface area contributed by atoms with Crippen molar-refractivity contribution in [1.29, 1.82) is 0 Å². The van der Waals surface area contributed by atoms with E-state index in [1.165, 1.54) is 6.26 Å². The molecule has 9 nitrogen and oxygen atoms in total. The average Bonchev–Trinajstić information content (AvgIpc) is 3.60. The number of rotatable bonds is 7. The van der Waals surface area contributed by atoms with Crippen LogP contribution in [0, 0.1) is 0 Å². The molecule has 2 amide bonds. The fourth-order valence-electron chi connectivity index (χ4n) is 3.82. The second-order valence-corrected chi connectivity index (χ2v) is 9.33. The van der Waals surface area contributed by atoms with E-state index in [0.717, 1.165) is 17.4 Å². The van der Waals surface area contributed by atoms with Crippen molar-refractivity contribution in [2.75, 3.05) is 42.1 Å². The smallest absolute Gasteiger partial charge is 0.284 e. The molecule has 0 bridgehead atoms. The number of hydrogen-bond acceptors (Lipinski definition) is 8. The molecule has 0 atom stereocenters. The van der Waals surface area contributed by atoms with E-state index in [1.54, 1.807) is 24.3 Å². The minimum absolute atomic E-state index is 0.0473. The van der Waals surface area contributed by atoms with Crippen molar-refractivity contribution in [3.05, 3.63) is 77.5 Å². The van der Waals surface area contributed by atoms with Crippen LogP contribution in [0.1, 0.15) is 10.4 Å². The number of carbonyl (C=O) groups excluding carboxylic acids is 2. The Bertz CT molecular complexity index is 1330. The van der Waals surface area contributed by atoms with Crippen molar-refractivity contribution in [1.82, 2.24) is 15.1 Å². The molecule has 0 saturated carbocycles. The predicted molar refractivity (Wildman–Crippen MR) is 137 cm³/mol. The van der Waals surface area contributed by atoms with Gasteiger partial charge in [-0.1, -0.05) is 35.5 Å². The van der Waals surface area contributed by atoms with Gasteiger partial charge >= 0.3 is 0 Å². The lowest BCUT2D eigenvalue weighted by Gasteiger charge is -2.36. The van der Waals surface area contributed by atoms with E-state index in [-0.39, 0.29) is 23.5 Å². The van der Waals surface area contributed by atoms with Gasteiger partial charge in [0, 0.05) is 37.6 Å². The van der Waals surface area contributed by atoms with Crippen LogP contribution >= 0.6 is 23.4 Å². The Balaban J connectivity index is 1.09. The Morgan fingerprint density at radius 1 is 0.972 bits per heavy atom.